The molecule has 0 aliphatic heterocycles. The van der Waals surface area contributed by atoms with E-state index in [1.54, 1.807) is 36.6 Å². The molecule has 0 radical (unpaired) electrons. The van der Waals surface area contributed by atoms with Crippen LogP contribution in [0.5, 0.6) is 0 Å². The first kappa shape index (κ1) is 41.3. The third-order valence-corrected chi connectivity index (χ3v) is 7.82. The summed E-state index contributed by atoms with van der Waals surface area (Å²) >= 11 is 1.37. The number of carboxylic acids is 1. The molecule has 1 rings (SSSR count). The van der Waals surface area contributed by atoms with Crippen LogP contribution in [-0.2, 0) is 35.2 Å². The van der Waals surface area contributed by atoms with Crippen molar-refractivity contribution in [2.24, 2.45) is 23.1 Å². The summed E-state index contributed by atoms with van der Waals surface area (Å²) in [7, 11) is 0. The summed E-state index contributed by atoms with van der Waals surface area (Å²) in [6.07, 6.45) is -0.0116. The van der Waals surface area contributed by atoms with Gasteiger partial charge in [0.1, 0.15) is 24.2 Å². The molecule has 1 aromatic carbocycles. The third kappa shape index (κ3) is 16.1. The molecule has 1 aromatic rings. The summed E-state index contributed by atoms with van der Waals surface area (Å²) in [5.41, 5.74) is 17.6. The predicted molar refractivity (Wildman–Crippen MR) is 178 cm³/mol. The Bertz CT molecular complexity index is 1180. The number of thioether (sulfide) groups is 1. The van der Waals surface area contributed by atoms with Gasteiger partial charge in [0.15, 0.2) is 6.17 Å². The lowest BCUT2D eigenvalue weighted by atomic mass is 10.0. The Labute approximate surface area is 279 Å². The van der Waals surface area contributed by atoms with Crippen LogP contribution in [0.15, 0.2) is 30.3 Å². The molecule has 0 aliphatic carbocycles. The van der Waals surface area contributed by atoms with Gasteiger partial charge in [-0.15, -0.1) is 0 Å². The van der Waals surface area contributed by atoms with E-state index in [2.05, 4.69) is 21.3 Å². The number of alkyl halides is 1. The molecule has 14 nitrogen and oxygen atoms in total. The van der Waals surface area contributed by atoms with E-state index < -0.39 is 78.3 Å². The maximum absolute atomic E-state index is 14.5. The Kier molecular flexibility index (Phi) is 19.2. The molecular weight excluding hydrogens is 633 g/mol. The van der Waals surface area contributed by atoms with E-state index in [1.807, 2.05) is 13.8 Å². The average molecular weight is 684 g/mol. The normalized spacial score (nSPS) is 15.0. The zero-order valence-electron chi connectivity index (χ0n) is 27.2. The molecule has 0 bridgehead atoms. The van der Waals surface area contributed by atoms with Crippen LogP contribution in [0.25, 0.3) is 0 Å². The summed E-state index contributed by atoms with van der Waals surface area (Å²) < 4.78 is 14.5. The van der Waals surface area contributed by atoms with Crippen molar-refractivity contribution in [2.45, 2.75) is 95.2 Å². The first-order valence-electron chi connectivity index (χ1n) is 15.6. The van der Waals surface area contributed by atoms with Crippen LogP contribution in [0.4, 0.5) is 4.39 Å². The molecule has 0 saturated heterocycles. The minimum atomic E-state index is -2.55. The molecule has 0 saturated carbocycles. The van der Waals surface area contributed by atoms with Crippen molar-refractivity contribution in [3.05, 3.63) is 35.9 Å². The number of hydrogen-bond donors (Lipinski definition) is 8. The fourth-order valence-corrected chi connectivity index (χ4v) is 5.06. The average Bonchev–Trinajstić information content (AvgIpc) is 3.01. The SMILES string of the molecule is CSCC[C@H](NC(=O)[C@H](CC(F)C(=O)O)NC(=O)[C@H](Cc1ccccc1)NC(=O)[C@@H](N)CC(C)C)C(=O)N[C@@H](CCCCN)C(N)=O. The molecule has 16 heteroatoms. The van der Waals surface area contributed by atoms with Gasteiger partial charge in [0.25, 0.3) is 0 Å². The Morgan fingerprint density at radius 2 is 1.36 bits per heavy atom. The highest BCUT2D eigenvalue weighted by atomic mass is 32.2. The summed E-state index contributed by atoms with van der Waals surface area (Å²) in [6, 6.07) is 2.44. The number of carboxylic acid groups (broad SMARTS) is 1. The summed E-state index contributed by atoms with van der Waals surface area (Å²) in [5, 5.41) is 19.2. The number of benzene rings is 1. The van der Waals surface area contributed by atoms with E-state index in [0.717, 1.165) is 0 Å². The van der Waals surface area contributed by atoms with Gasteiger partial charge in [0.05, 0.1) is 6.04 Å². The van der Waals surface area contributed by atoms with Gasteiger partial charge in [-0.25, -0.2) is 9.18 Å². The lowest BCUT2D eigenvalue weighted by Gasteiger charge is -2.27. The van der Waals surface area contributed by atoms with Crippen LogP contribution in [0.1, 0.15) is 57.9 Å². The number of unbranched alkanes of at least 4 members (excludes halogenated alkanes) is 1. The topological polar surface area (TPSA) is 249 Å². The lowest BCUT2D eigenvalue weighted by molar-refractivity contribution is -0.144. The van der Waals surface area contributed by atoms with Crippen molar-refractivity contribution in [2.75, 3.05) is 18.6 Å². The number of hydrogen-bond acceptors (Lipinski definition) is 9. The van der Waals surface area contributed by atoms with Gasteiger partial charge in [0, 0.05) is 12.8 Å². The zero-order valence-corrected chi connectivity index (χ0v) is 28.0. The minimum absolute atomic E-state index is 0.0173. The van der Waals surface area contributed by atoms with E-state index in [-0.39, 0.29) is 25.2 Å². The van der Waals surface area contributed by atoms with E-state index >= 15 is 0 Å². The van der Waals surface area contributed by atoms with Crippen molar-refractivity contribution >= 4 is 47.3 Å². The highest BCUT2D eigenvalue weighted by molar-refractivity contribution is 7.98. The Hall–Kier alpha value is -3.76. The van der Waals surface area contributed by atoms with Crippen LogP contribution in [-0.4, -0.2) is 95.5 Å². The van der Waals surface area contributed by atoms with E-state index in [9.17, 15) is 38.3 Å². The van der Waals surface area contributed by atoms with Gasteiger partial charge in [-0.3, -0.25) is 24.0 Å². The molecule has 6 atom stereocenters. The molecule has 0 fully saturated rings. The molecule has 0 aliphatic rings. The third-order valence-electron chi connectivity index (χ3n) is 7.17. The van der Waals surface area contributed by atoms with Crippen LogP contribution in [0, 0.1) is 5.92 Å². The van der Waals surface area contributed by atoms with Crippen LogP contribution in [0.2, 0.25) is 0 Å². The van der Waals surface area contributed by atoms with Gasteiger partial charge in [-0.05, 0) is 62.1 Å². The first-order chi connectivity index (χ1) is 22.2. The lowest BCUT2D eigenvalue weighted by Crippen LogP contribution is -2.59. The fourth-order valence-electron chi connectivity index (χ4n) is 4.59. The highest BCUT2D eigenvalue weighted by Crippen LogP contribution is 2.11. The monoisotopic (exact) mass is 683 g/mol. The maximum atomic E-state index is 14.5. The fraction of sp³-hybridized carbons (Fsp3) is 0.613. The minimum Gasteiger partial charge on any atom is -0.479 e. The van der Waals surface area contributed by atoms with Crippen molar-refractivity contribution in [1.29, 1.82) is 0 Å². The molecule has 0 aromatic heterocycles. The van der Waals surface area contributed by atoms with E-state index in [1.165, 1.54) is 11.8 Å². The number of primary amides is 1. The second-order valence-electron chi connectivity index (χ2n) is 11.7. The second-order valence-corrected chi connectivity index (χ2v) is 12.7. The Morgan fingerprint density at radius 3 is 1.91 bits per heavy atom. The molecule has 11 N–H and O–H groups in total. The number of halogens is 1. The van der Waals surface area contributed by atoms with Gasteiger partial charge < -0.3 is 43.6 Å². The summed E-state index contributed by atoms with van der Waals surface area (Å²) in [4.78, 5) is 76.5. The quantitative estimate of drug-likeness (QED) is 0.0701. The van der Waals surface area contributed by atoms with E-state index in [4.69, 9.17) is 17.2 Å². The van der Waals surface area contributed by atoms with E-state index in [0.29, 0.717) is 37.1 Å². The van der Waals surface area contributed by atoms with Gasteiger partial charge >= 0.3 is 5.97 Å². The molecule has 0 heterocycles. The number of carbonyl (C=O) groups excluding carboxylic acids is 5. The van der Waals surface area contributed by atoms with Crippen LogP contribution in [0.3, 0.4) is 0 Å². The van der Waals surface area contributed by atoms with Crippen molar-refractivity contribution < 1.29 is 38.3 Å². The number of nitrogens with one attached hydrogen (secondary N) is 4. The standard InChI is InChI=1S/C31H50FN7O7S/c1-18(2)15-21(34)27(41)38-24(16-19-9-5-4-6-10-19)29(43)39-25(17-20(32)31(45)46)30(44)37-23(12-14-47-3)28(42)36-22(26(35)40)11-7-8-13-33/h4-6,9-10,18,20-25H,7-8,11-17,33-34H2,1-3H3,(H2,35,40)(H,36,42)(H,37,44)(H,38,41)(H,39,43)(H,45,46)/t20?,21-,22-,23-,24-,25-/m0/s1. The highest BCUT2D eigenvalue weighted by Gasteiger charge is 2.34. The maximum Gasteiger partial charge on any atom is 0.338 e. The molecule has 47 heavy (non-hydrogen) atoms. The number of amides is 5. The Balaban J connectivity index is 3.29. The number of rotatable bonds is 23. The predicted octanol–water partition coefficient (Wildman–Crippen LogP) is -0.278. The molecule has 1 unspecified atom stereocenters. The molecule has 0 spiro atoms. The largest absolute Gasteiger partial charge is 0.479 e. The van der Waals surface area contributed by atoms with Crippen molar-refractivity contribution in [1.82, 2.24) is 21.3 Å². The molecule has 5 amide bonds. The Morgan fingerprint density at radius 1 is 0.809 bits per heavy atom. The van der Waals surface area contributed by atoms with Crippen LogP contribution < -0.4 is 38.5 Å². The van der Waals surface area contributed by atoms with Gasteiger partial charge in [-0.2, -0.15) is 11.8 Å². The van der Waals surface area contributed by atoms with Gasteiger partial charge in [-0.1, -0.05) is 44.2 Å². The second kappa shape index (κ2) is 21.9. The molecule has 264 valence electrons. The number of aliphatic carboxylic acids is 1. The van der Waals surface area contributed by atoms with Crippen LogP contribution >= 0.6 is 11.8 Å². The number of carbonyl (C=O) groups is 6. The smallest absolute Gasteiger partial charge is 0.338 e. The number of nitrogens with two attached hydrogens (primary N) is 3. The summed E-state index contributed by atoms with van der Waals surface area (Å²) in [6.45, 7) is 4.14. The van der Waals surface area contributed by atoms with Crippen molar-refractivity contribution in [3.63, 3.8) is 0 Å². The van der Waals surface area contributed by atoms with Gasteiger partial charge in [0.2, 0.25) is 29.5 Å². The first-order valence-corrected chi connectivity index (χ1v) is 17.0. The van der Waals surface area contributed by atoms with Crippen molar-refractivity contribution in [3.8, 4) is 0 Å². The summed E-state index contributed by atoms with van der Waals surface area (Å²) in [5.74, 6) is -5.44. The molecular formula is C31H50FN7O7S. The zero-order chi connectivity index (χ0) is 35.5.